The fraction of sp³-hybridized carbons (Fsp3) is 0.611. The van der Waals surface area contributed by atoms with Gasteiger partial charge in [-0.3, -0.25) is 4.79 Å². The van der Waals surface area contributed by atoms with Gasteiger partial charge < -0.3 is 20.1 Å². The van der Waals surface area contributed by atoms with Gasteiger partial charge >= 0.3 is 0 Å². The molecule has 0 aliphatic carbocycles. The molecule has 2 heterocycles. The van der Waals surface area contributed by atoms with Gasteiger partial charge in [-0.2, -0.15) is 0 Å². The molecule has 1 aromatic carbocycles. The van der Waals surface area contributed by atoms with Crippen LogP contribution in [-0.4, -0.2) is 49.3 Å². The van der Waals surface area contributed by atoms with Crippen LogP contribution in [-0.2, 0) is 4.74 Å². The molecule has 2 N–H and O–H groups in total. The standard InChI is InChI=1S/C18H25FN2O3/c19-14-3-4-16(23-11-2-8-20)15(13-14)17(22)21-9-6-18(7-10-21)5-1-12-24-18/h3-4,13H,1-2,5-12,20H2. The number of carbonyl (C=O) groups is 1. The summed E-state index contributed by atoms with van der Waals surface area (Å²) >= 11 is 0. The number of hydrogen-bond acceptors (Lipinski definition) is 4. The molecule has 3 rings (SSSR count). The van der Waals surface area contributed by atoms with Crippen molar-refractivity contribution in [2.24, 2.45) is 5.73 Å². The van der Waals surface area contributed by atoms with Crippen LogP contribution in [0.1, 0.15) is 42.5 Å². The van der Waals surface area contributed by atoms with Crippen LogP contribution >= 0.6 is 0 Å². The molecule has 1 aromatic rings. The summed E-state index contributed by atoms with van der Waals surface area (Å²) < 4.78 is 25.1. The van der Waals surface area contributed by atoms with Crippen LogP contribution in [0.4, 0.5) is 4.39 Å². The third kappa shape index (κ3) is 3.70. The largest absolute Gasteiger partial charge is 0.493 e. The molecule has 0 unspecified atom stereocenters. The number of nitrogens with zero attached hydrogens (tertiary/aromatic N) is 1. The number of ether oxygens (including phenoxy) is 2. The van der Waals surface area contributed by atoms with Gasteiger partial charge in [0.05, 0.1) is 17.8 Å². The smallest absolute Gasteiger partial charge is 0.257 e. The van der Waals surface area contributed by atoms with E-state index in [2.05, 4.69) is 0 Å². The summed E-state index contributed by atoms with van der Waals surface area (Å²) in [5.74, 6) is -0.186. The summed E-state index contributed by atoms with van der Waals surface area (Å²) in [6, 6.07) is 4.09. The SMILES string of the molecule is NCCCOc1ccc(F)cc1C(=O)N1CCC2(CCCO2)CC1. The molecule has 0 radical (unpaired) electrons. The highest BCUT2D eigenvalue weighted by Crippen LogP contribution is 2.36. The van der Waals surface area contributed by atoms with Gasteiger partial charge in [-0.25, -0.2) is 4.39 Å². The quantitative estimate of drug-likeness (QED) is 0.838. The van der Waals surface area contributed by atoms with Crippen molar-refractivity contribution >= 4 is 5.91 Å². The van der Waals surface area contributed by atoms with Crippen LogP contribution in [0.2, 0.25) is 0 Å². The summed E-state index contributed by atoms with van der Waals surface area (Å²) in [4.78, 5) is 14.6. The second-order valence-electron chi connectivity index (χ2n) is 6.56. The zero-order valence-electron chi connectivity index (χ0n) is 13.9. The van der Waals surface area contributed by atoms with E-state index in [0.717, 1.165) is 32.3 Å². The third-order valence-corrected chi connectivity index (χ3v) is 4.92. The minimum Gasteiger partial charge on any atom is -0.493 e. The Morgan fingerprint density at radius 2 is 2.12 bits per heavy atom. The first-order chi connectivity index (χ1) is 11.6. The van der Waals surface area contributed by atoms with Gasteiger partial charge in [-0.15, -0.1) is 0 Å². The Labute approximate surface area is 141 Å². The Morgan fingerprint density at radius 3 is 2.79 bits per heavy atom. The van der Waals surface area contributed by atoms with E-state index in [4.69, 9.17) is 15.2 Å². The fourth-order valence-electron chi connectivity index (χ4n) is 3.50. The first-order valence-corrected chi connectivity index (χ1v) is 8.69. The zero-order valence-corrected chi connectivity index (χ0v) is 13.9. The normalized spacial score (nSPS) is 19.7. The summed E-state index contributed by atoms with van der Waals surface area (Å²) in [6.07, 6.45) is 4.54. The Hall–Kier alpha value is -1.66. The van der Waals surface area contributed by atoms with Crippen molar-refractivity contribution in [1.29, 1.82) is 0 Å². The molecule has 0 atom stereocenters. The van der Waals surface area contributed by atoms with Crippen LogP contribution in [0.25, 0.3) is 0 Å². The second-order valence-corrected chi connectivity index (χ2v) is 6.56. The number of rotatable bonds is 5. The van der Waals surface area contributed by atoms with Crippen molar-refractivity contribution in [3.05, 3.63) is 29.6 Å². The first-order valence-electron chi connectivity index (χ1n) is 8.69. The third-order valence-electron chi connectivity index (χ3n) is 4.92. The van der Waals surface area contributed by atoms with E-state index in [9.17, 15) is 9.18 Å². The van der Waals surface area contributed by atoms with E-state index in [1.807, 2.05) is 0 Å². The molecule has 0 saturated carbocycles. The van der Waals surface area contributed by atoms with E-state index in [1.54, 1.807) is 4.90 Å². The lowest BCUT2D eigenvalue weighted by Gasteiger charge is -2.38. The van der Waals surface area contributed by atoms with Gasteiger partial charge in [0, 0.05) is 19.7 Å². The lowest BCUT2D eigenvalue weighted by atomic mass is 9.88. The highest BCUT2D eigenvalue weighted by Gasteiger charge is 2.39. The molecule has 24 heavy (non-hydrogen) atoms. The second kappa shape index (κ2) is 7.49. The number of carbonyl (C=O) groups excluding carboxylic acids is 1. The minimum absolute atomic E-state index is 0.0425. The molecule has 0 bridgehead atoms. The number of amides is 1. The Bertz CT molecular complexity index is 578. The molecule has 5 nitrogen and oxygen atoms in total. The summed E-state index contributed by atoms with van der Waals surface area (Å²) in [7, 11) is 0. The van der Waals surface area contributed by atoms with Crippen molar-refractivity contribution in [2.45, 2.75) is 37.7 Å². The molecule has 1 spiro atoms. The molecular formula is C18H25FN2O3. The Morgan fingerprint density at radius 1 is 1.33 bits per heavy atom. The lowest BCUT2D eigenvalue weighted by Crippen LogP contribution is -2.46. The summed E-state index contributed by atoms with van der Waals surface area (Å²) in [6.45, 7) is 3.02. The van der Waals surface area contributed by atoms with E-state index >= 15 is 0 Å². The molecule has 132 valence electrons. The maximum Gasteiger partial charge on any atom is 0.257 e. The van der Waals surface area contributed by atoms with E-state index < -0.39 is 5.82 Å². The monoisotopic (exact) mass is 336 g/mol. The van der Waals surface area contributed by atoms with E-state index in [1.165, 1.54) is 18.2 Å². The van der Waals surface area contributed by atoms with Crippen molar-refractivity contribution < 1.29 is 18.7 Å². The molecule has 2 saturated heterocycles. The lowest BCUT2D eigenvalue weighted by molar-refractivity contribution is -0.0387. The van der Waals surface area contributed by atoms with E-state index in [-0.39, 0.29) is 17.1 Å². The molecule has 6 heteroatoms. The van der Waals surface area contributed by atoms with Gasteiger partial charge in [-0.1, -0.05) is 0 Å². The molecular weight excluding hydrogens is 311 g/mol. The van der Waals surface area contributed by atoms with Gasteiger partial charge in [0.2, 0.25) is 0 Å². The van der Waals surface area contributed by atoms with Crippen molar-refractivity contribution in [2.75, 3.05) is 32.8 Å². The first kappa shape index (κ1) is 17.2. The molecule has 0 aromatic heterocycles. The van der Waals surface area contributed by atoms with Crippen LogP contribution in [0.15, 0.2) is 18.2 Å². The number of benzene rings is 1. The van der Waals surface area contributed by atoms with Gasteiger partial charge in [-0.05, 0) is 56.8 Å². The Balaban J connectivity index is 1.69. The number of piperidine rings is 1. The van der Waals surface area contributed by atoms with Crippen molar-refractivity contribution in [3.8, 4) is 5.75 Å². The highest BCUT2D eigenvalue weighted by atomic mass is 19.1. The van der Waals surface area contributed by atoms with Gasteiger partial charge in [0.15, 0.2) is 0 Å². The van der Waals surface area contributed by atoms with Gasteiger partial charge in [0.25, 0.3) is 5.91 Å². The zero-order chi connectivity index (χ0) is 17.0. The number of halogens is 1. The highest BCUT2D eigenvalue weighted by molar-refractivity contribution is 5.97. The summed E-state index contributed by atoms with van der Waals surface area (Å²) in [5, 5.41) is 0. The van der Waals surface area contributed by atoms with Crippen molar-refractivity contribution in [1.82, 2.24) is 4.90 Å². The topological polar surface area (TPSA) is 64.8 Å². The average Bonchev–Trinajstić information content (AvgIpc) is 3.04. The molecule has 2 aliphatic heterocycles. The van der Waals surface area contributed by atoms with Gasteiger partial charge in [0.1, 0.15) is 11.6 Å². The number of likely N-dealkylation sites (tertiary alicyclic amines) is 1. The maximum absolute atomic E-state index is 13.6. The van der Waals surface area contributed by atoms with Crippen LogP contribution < -0.4 is 10.5 Å². The predicted octanol–water partition coefficient (Wildman–Crippen LogP) is 2.34. The molecule has 2 fully saturated rings. The maximum atomic E-state index is 13.6. The minimum atomic E-state index is -0.433. The van der Waals surface area contributed by atoms with Crippen LogP contribution in [0.5, 0.6) is 5.75 Å². The average molecular weight is 336 g/mol. The van der Waals surface area contributed by atoms with Crippen LogP contribution in [0.3, 0.4) is 0 Å². The van der Waals surface area contributed by atoms with Crippen LogP contribution in [0, 0.1) is 5.82 Å². The number of nitrogens with two attached hydrogens (primary N) is 1. The fourth-order valence-corrected chi connectivity index (χ4v) is 3.50. The summed E-state index contributed by atoms with van der Waals surface area (Å²) in [5.41, 5.74) is 5.71. The molecule has 1 amide bonds. The predicted molar refractivity (Wildman–Crippen MR) is 88.6 cm³/mol. The number of hydrogen-bond donors (Lipinski definition) is 1. The van der Waals surface area contributed by atoms with E-state index in [0.29, 0.717) is 38.4 Å². The Kier molecular flexibility index (Phi) is 5.36. The molecule has 2 aliphatic rings. The van der Waals surface area contributed by atoms with Crippen molar-refractivity contribution in [3.63, 3.8) is 0 Å².